The van der Waals surface area contributed by atoms with Crippen LogP contribution in [0.15, 0.2) is 17.3 Å². The van der Waals surface area contributed by atoms with E-state index < -0.39 is 0 Å². The van der Waals surface area contributed by atoms with E-state index in [2.05, 4.69) is 11.8 Å². The van der Waals surface area contributed by atoms with Crippen LogP contribution in [0.25, 0.3) is 0 Å². The van der Waals surface area contributed by atoms with Crippen molar-refractivity contribution in [3.63, 3.8) is 0 Å². The third kappa shape index (κ3) is 1.63. The highest BCUT2D eigenvalue weighted by Crippen LogP contribution is 2.23. The molecule has 0 aliphatic heterocycles. The molecule has 1 aliphatic carbocycles. The molecular weight excluding hydrogens is 114 g/mol. The summed E-state index contributed by atoms with van der Waals surface area (Å²) in [5, 5.41) is 2.99. The van der Waals surface area contributed by atoms with E-state index in [0.717, 1.165) is 25.7 Å². The van der Waals surface area contributed by atoms with E-state index in [4.69, 9.17) is 0 Å². The van der Waals surface area contributed by atoms with Crippen molar-refractivity contribution in [3.8, 4) is 0 Å². The van der Waals surface area contributed by atoms with Crippen LogP contribution < -0.4 is 0 Å². The Hall–Kier alpha value is -0.660. The molecule has 1 saturated carbocycles. The normalized spacial score (nSPS) is 22.0. The van der Waals surface area contributed by atoms with Crippen molar-refractivity contribution in [1.29, 1.82) is 0 Å². The van der Waals surface area contributed by atoms with Gasteiger partial charge >= 0.3 is 0 Å². The molecular formula is C7H11NO. The molecule has 0 atom stereocenters. The fraction of sp³-hybridized carbons (Fsp3) is 0.714. The first-order chi connectivity index (χ1) is 4.33. The molecule has 0 spiro atoms. The maximum absolute atomic E-state index is 9.99. The molecule has 1 rings (SSSR count). The molecule has 0 aromatic heterocycles. The number of hydrogen-bond acceptors (Lipinski definition) is 2. The first-order valence-electron chi connectivity index (χ1n) is 3.32. The fourth-order valence-electron chi connectivity index (χ4n) is 1.12. The zero-order valence-corrected chi connectivity index (χ0v) is 5.47. The maximum Gasteiger partial charge on any atom is 0.0925 e. The van der Waals surface area contributed by atoms with Gasteiger partial charge in [0.1, 0.15) is 0 Å². The van der Waals surface area contributed by atoms with Crippen LogP contribution in [0.5, 0.6) is 0 Å². The van der Waals surface area contributed by atoms with Crippen molar-refractivity contribution < 1.29 is 0 Å². The Labute approximate surface area is 54.9 Å². The van der Waals surface area contributed by atoms with Gasteiger partial charge in [0.25, 0.3) is 0 Å². The van der Waals surface area contributed by atoms with E-state index >= 15 is 0 Å². The molecule has 0 aromatic rings. The molecule has 2 heteroatoms. The molecule has 9 heavy (non-hydrogen) atoms. The van der Waals surface area contributed by atoms with Gasteiger partial charge in [-0.25, -0.2) is 0 Å². The highest BCUT2D eigenvalue weighted by atomic mass is 16.3. The summed E-state index contributed by atoms with van der Waals surface area (Å²) >= 11 is 0. The van der Waals surface area contributed by atoms with E-state index in [9.17, 15) is 4.91 Å². The summed E-state index contributed by atoms with van der Waals surface area (Å²) in [7, 11) is 0. The van der Waals surface area contributed by atoms with Crippen LogP contribution >= 0.6 is 0 Å². The minimum atomic E-state index is 0.0792. The topological polar surface area (TPSA) is 29.4 Å². The lowest BCUT2D eigenvalue weighted by Crippen LogP contribution is -2.09. The summed E-state index contributed by atoms with van der Waals surface area (Å²) in [6.45, 7) is 3.84. The summed E-state index contributed by atoms with van der Waals surface area (Å²) in [6, 6.07) is 0.0792. The van der Waals surface area contributed by atoms with E-state index in [1.807, 2.05) is 0 Å². The van der Waals surface area contributed by atoms with Gasteiger partial charge in [-0.1, -0.05) is 17.3 Å². The quantitative estimate of drug-likeness (QED) is 0.390. The maximum atomic E-state index is 9.99. The standard InChI is InChI=1S/C7H11NO/c1-6-2-4-7(8-9)5-3-6/h7H,1-5H2. The van der Waals surface area contributed by atoms with E-state index in [1.165, 1.54) is 5.57 Å². The Morgan fingerprint density at radius 3 is 2.44 bits per heavy atom. The number of rotatable bonds is 1. The number of allylic oxidation sites excluding steroid dienone is 1. The van der Waals surface area contributed by atoms with E-state index in [-0.39, 0.29) is 6.04 Å². The highest BCUT2D eigenvalue weighted by molar-refractivity contribution is 4.99. The summed E-state index contributed by atoms with van der Waals surface area (Å²) in [6.07, 6.45) is 3.83. The SMILES string of the molecule is C=C1CCC(N=O)CC1. The van der Waals surface area contributed by atoms with E-state index in [1.54, 1.807) is 0 Å². The molecule has 0 saturated heterocycles. The Kier molecular flexibility index (Phi) is 1.98. The van der Waals surface area contributed by atoms with Crippen LogP contribution in [-0.4, -0.2) is 6.04 Å². The minimum Gasteiger partial charge on any atom is -0.151 e. The molecule has 0 aromatic carbocycles. The van der Waals surface area contributed by atoms with Crippen LogP contribution in [-0.2, 0) is 0 Å². The first-order valence-corrected chi connectivity index (χ1v) is 3.32. The number of nitroso groups, excluding NO2 is 1. The third-order valence-electron chi connectivity index (χ3n) is 1.81. The molecule has 1 aliphatic rings. The summed E-state index contributed by atoms with van der Waals surface area (Å²) in [4.78, 5) is 9.99. The lowest BCUT2D eigenvalue weighted by molar-refractivity contribution is 0.512. The van der Waals surface area contributed by atoms with Crippen LogP contribution in [0.3, 0.4) is 0 Å². The smallest absolute Gasteiger partial charge is 0.0925 e. The fourth-order valence-corrected chi connectivity index (χ4v) is 1.12. The van der Waals surface area contributed by atoms with Gasteiger partial charge in [0.05, 0.1) is 6.04 Å². The minimum absolute atomic E-state index is 0.0792. The van der Waals surface area contributed by atoms with Crippen molar-refractivity contribution in [2.45, 2.75) is 31.7 Å². The average molecular weight is 125 g/mol. The Balaban J connectivity index is 2.34. The van der Waals surface area contributed by atoms with Crippen molar-refractivity contribution in [1.82, 2.24) is 0 Å². The molecule has 0 heterocycles. The predicted molar refractivity (Wildman–Crippen MR) is 37.2 cm³/mol. The highest BCUT2D eigenvalue weighted by Gasteiger charge is 2.14. The molecule has 0 amide bonds. The second kappa shape index (κ2) is 2.76. The lowest BCUT2D eigenvalue weighted by atomic mass is 9.93. The number of hydrogen-bond donors (Lipinski definition) is 0. The molecule has 0 radical (unpaired) electrons. The van der Waals surface area contributed by atoms with Crippen LogP contribution in [0.4, 0.5) is 0 Å². The zero-order valence-electron chi connectivity index (χ0n) is 5.47. The monoisotopic (exact) mass is 125 g/mol. The summed E-state index contributed by atoms with van der Waals surface area (Å²) in [5.41, 5.74) is 1.27. The first kappa shape index (κ1) is 6.46. The second-order valence-electron chi connectivity index (χ2n) is 2.59. The van der Waals surface area contributed by atoms with Crippen LogP contribution in [0.1, 0.15) is 25.7 Å². The summed E-state index contributed by atoms with van der Waals surface area (Å²) in [5.74, 6) is 0. The molecule has 0 unspecified atom stereocenters. The Morgan fingerprint density at radius 1 is 1.44 bits per heavy atom. The zero-order chi connectivity index (χ0) is 6.69. The molecule has 0 N–H and O–H groups in total. The van der Waals surface area contributed by atoms with E-state index in [0.29, 0.717) is 0 Å². The Morgan fingerprint density at radius 2 is 2.00 bits per heavy atom. The van der Waals surface area contributed by atoms with Gasteiger partial charge in [-0.05, 0) is 25.7 Å². The number of nitrogens with zero attached hydrogens (tertiary/aromatic N) is 1. The van der Waals surface area contributed by atoms with Gasteiger partial charge in [-0.3, -0.25) is 0 Å². The van der Waals surface area contributed by atoms with Gasteiger partial charge in [-0.15, -0.1) is 0 Å². The van der Waals surface area contributed by atoms with Crippen LogP contribution in [0, 0.1) is 4.91 Å². The van der Waals surface area contributed by atoms with Crippen molar-refractivity contribution in [3.05, 3.63) is 17.1 Å². The second-order valence-corrected chi connectivity index (χ2v) is 2.59. The molecule has 1 fully saturated rings. The van der Waals surface area contributed by atoms with Crippen molar-refractivity contribution in [2.75, 3.05) is 0 Å². The van der Waals surface area contributed by atoms with Crippen LogP contribution in [0.2, 0.25) is 0 Å². The average Bonchev–Trinajstić information content (AvgIpc) is 1.90. The predicted octanol–water partition coefficient (Wildman–Crippen LogP) is 2.25. The lowest BCUT2D eigenvalue weighted by Gasteiger charge is -2.16. The molecule has 0 bridgehead atoms. The third-order valence-corrected chi connectivity index (χ3v) is 1.81. The van der Waals surface area contributed by atoms with Gasteiger partial charge in [0.15, 0.2) is 0 Å². The van der Waals surface area contributed by atoms with Crippen molar-refractivity contribution >= 4 is 0 Å². The summed E-state index contributed by atoms with van der Waals surface area (Å²) < 4.78 is 0. The van der Waals surface area contributed by atoms with Gasteiger partial charge in [-0.2, -0.15) is 4.91 Å². The molecule has 2 nitrogen and oxygen atoms in total. The van der Waals surface area contributed by atoms with Gasteiger partial charge in [0.2, 0.25) is 0 Å². The Bertz CT molecular complexity index is 121. The molecule has 50 valence electrons. The largest absolute Gasteiger partial charge is 0.151 e. The van der Waals surface area contributed by atoms with Crippen molar-refractivity contribution in [2.24, 2.45) is 5.18 Å². The van der Waals surface area contributed by atoms with Gasteiger partial charge in [0, 0.05) is 0 Å². The van der Waals surface area contributed by atoms with Gasteiger partial charge < -0.3 is 0 Å².